The molecule has 1 N–H and O–H groups in total. The van der Waals surface area contributed by atoms with E-state index in [1.165, 1.54) is 0 Å². The molecule has 0 fully saturated rings. The molecular weight excluding hydrogens is 264 g/mol. The summed E-state index contributed by atoms with van der Waals surface area (Å²) in [4.78, 5) is 14.1. The van der Waals surface area contributed by atoms with Crippen LogP contribution in [0.1, 0.15) is 35.3 Å². The Bertz CT molecular complexity index is 605. The summed E-state index contributed by atoms with van der Waals surface area (Å²) in [5.74, 6) is 5.13. The van der Waals surface area contributed by atoms with Crippen LogP contribution in [0.25, 0.3) is 0 Å². The highest BCUT2D eigenvalue weighted by molar-refractivity contribution is 5.94. The first-order valence-electron chi connectivity index (χ1n) is 6.92. The van der Waals surface area contributed by atoms with Crippen LogP contribution in [-0.4, -0.2) is 35.6 Å². The summed E-state index contributed by atoms with van der Waals surface area (Å²) in [6.45, 7) is 6.35. The maximum Gasteiger partial charge on any atom is 0.253 e. The van der Waals surface area contributed by atoms with E-state index in [0.29, 0.717) is 18.7 Å². The Morgan fingerprint density at radius 1 is 1.48 bits per heavy atom. The van der Waals surface area contributed by atoms with E-state index < -0.39 is 0 Å². The maximum atomic E-state index is 12.5. The molecule has 0 aliphatic heterocycles. The van der Waals surface area contributed by atoms with Crippen LogP contribution in [0.3, 0.4) is 0 Å². The first-order valence-corrected chi connectivity index (χ1v) is 6.92. The quantitative estimate of drug-likeness (QED) is 0.860. The van der Waals surface area contributed by atoms with Gasteiger partial charge in [0.2, 0.25) is 0 Å². The van der Waals surface area contributed by atoms with E-state index >= 15 is 0 Å². The van der Waals surface area contributed by atoms with Crippen LogP contribution in [0.2, 0.25) is 0 Å². The van der Waals surface area contributed by atoms with Crippen molar-refractivity contribution in [1.82, 2.24) is 4.90 Å². The van der Waals surface area contributed by atoms with Gasteiger partial charge in [0.25, 0.3) is 5.91 Å². The third-order valence-corrected chi connectivity index (χ3v) is 3.17. The van der Waals surface area contributed by atoms with E-state index in [1.807, 2.05) is 19.9 Å². The highest BCUT2D eigenvalue weighted by Gasteiger charge is 2.17. The molecule has 1 rings (SSSR count). The number of aliphatic hydroxyl groups excluding tert-OH is 1. The first-order chi connectivity index (χ1) is 10.0. The molecule has 0 spiro atoms. The summed E-state index contributed by atoms with van der Waals surface area (Å²) in [6.07, 6.45) is 0. The monoisotopic (exact) mass is 284 g/mol. The number of aliphatic hydroxyl groups is 1. The molecule has 0 bridgehead atoms. The topological polar surface area (TPSA) is 64.3 Å². The highest BCUT2D eigenvalue weighted by Crippen LogP contribution is 2.13. The molecule has 0 aliphatic carbocycles. The third-order valence-electron chi connectivity index (χ3n) is 3.17. The molecule has 0 saturated heterocycles. The zero-order chi connectivity index (χ0) is 15.8. The zero-order valence-corrected chi connectivity index (χ0v) is 12.7. The van der Waals surface area contributed by atoms with Gasteiger partial charge in [0, 0.05) is 24.2 Å². The third kappa shape index (κ3) is 4.63. The van der Waals surface area contributed by atoms with Crippen LogP contribution < -0.4 is 0 Å². The molecule has 1 aromatic rings. The van der Waals surface area contributed by atoms with Crippen molar-refractivity contribution in [3.63, 3.8) is 0 Å². The normalized spacial score (nSPS) is 11.0. The van der Waals surface area contributed by atoms with Gasteiger partial charge in [-0.1, -0.05) is 17.9 Å². The SMILES string of the molecule is CCN(CC(C)C#N)C(=O)c1ccc(C)c(C#CCO)c1. The number of carbonyl (C=O) groups excluding carboxylic acids is 1. The number of nitrogens with zero attached hydrogens (tertiary/aromatic N) is 2. The van der Waals surface area contributed by atoms with Gasteiger partial charge in [-0.2, -0.15) is 5.26 Å². The van der Waals surface area contributed by atoms with Crippen molar-refractivity contribution in [3.8, 4) is 17.9 Å². The lowest BCUT2D eigenvalue weighted by Gasteiger charge is -2.22. The van der Waals surface area contributed by atoms with Crippen molar-refractivity contribution in [3.05, 3.63) is 34.9 Å². The minimum absolute atomic E-state index is 0.105. The van der Waals surface area contributed by atoms with Crippen molar-refractivity contribution < 1.29 is 9.90 Å². The molecule has 1 unspecified atom stereocenters. The van der Waals surface area contributed by atoms with E-state index in [0.717, 1.165) is 11.1 Å². The summed E-state index contributed by atoms with van der Waals surface area (Å²) < 4.78 is 0. The number of nitriles is 1. The molecule has 21 heavy (non-hydrogen) atoms. The molecular formula is C17H20N2O2. The van der Waals surface area contributed by atoms with E-state index in [2.05, 4.69) is 17.9 Å². The minimum Gasteiger partial charge on any atom is -0.384 e. The molecule has 1 atom stereocenters. The lowest BCUT2D eigenvalue weighted by molar-refractivity contribution is 0.0752. The number of aryl methyl sites for hydroxylation is 1. The molecule has 0 radical (unpaired) electrons. The molecule has 0 aliphatic rings. The molecule has 4 nitrogen and oxygen atoms in total. The summed E-state index contributed by atoms with van der Waals surface area (Å²) in [6, 6.07) is 7.49. The van der Waals surface area contributed by atoms with Crippen molar-refractivity contribution >= 4 is 5.91 Å². The second-order valence-corrected chi connectivity index (χ2v) is 4.86. The lowest BCUT2D eigenvalue weighted by Crippen LogP contribution is -2.34. The van der Waals surface area contributed by atoms with Crippen LogP contribution >= 0.6 is 0 Å². The Balaban J connectivity index is 3.03. The van der Waals surface area contributed by atoms with Crippen molar-refractivity contribution in [2.75, 3.05) is 19.7 Å². The summed E-state index contributed by atoms with van der Waals surface area (Å²) in [5.41, 5.74) is 2.25. The van der Waals surface area contributed by atoms with Gasteiger partial charge >= 0.3 is 0 Å². The molecule has 4 heteroatoms. The van der Waals surface area contributed by atoms with Crippen molar-refractivity contribution in [2.45, 2.75) is 20.8 Å². The van der Waals surface area contributed by atoms with Gasteiger partial charge in [0.1, 0.15) is 6.61 Å². The summed E-state index contributed by atoms with van der Waals surface area (Å²) in [7, 11) is 0. The van der Waals surface area contributed by atoms with E-state index in [9.17, 15) is 4.79 Å². The van der Waals surface area contributed by atoms with E-state index in [-0.39, 0.29) is 18.4 Å². The summed E-state index contributed by atoms with van der Waals surface area (Å²) in [5, 5.41) is 17.6. The van der Waals surface area contributed by atoms with Gasteiger partial charge in [-0.25, -0.2) is 0 Å². The Hall–Kier alpha value is -2.30. The molecule has 1 aromatic carbocycles. The molecule has 0 aromatic heterocycles. The number of hydrogen-bond acceptors (Lipinski definition) is 3. The number of carbonyl (C=O) groups is 1. The highest BCUT2D eigenvalue weighted by atomic mass is 16.2. The average Bonchev–Trinajstić information content (AvgIpc) is 2.50. The molecule has 0 heterocycles. The van der Waals surface area contributed by atoms with Gasteiger partial charge in [0.15, 0.2) is 0 Å². The smallest absolute Gasteiger partial charge is 0.253 e. The molecule has 0 saturated carbocycles. The second kappa shape index (κ2) is 8.09. The number of rotatable bonds is 4. The van der Waals surface area contributed by atoms with Gasteiger partial charge < -0.3 is 10.0 Å². The predicted octanol–water partition coefficient (Wildman–Crippen LogP) is 1.96. The summed E-state index contributed by atoms with van der Waals surface area (Å²) >= 11 is 0. The van der Waals surface area contributed by atoms with Crippen molar-refractivity contribution in [1.29, 1.82) is 5.26 Å². The van der Waals surface area contributed by atoms with Crippen molar-refractivity contribution in [2.24, 2.45) is 5.92 Å². The molecule has 1 amide bonds. The number of benzene rings is 1. The van der Waals surface area contributed by atoms with E-state index in [4.69, 9.17) is 10.4 Å². The van der Waals surface area contributed by atoms with Crippen LogP contribution in [0.15, 0.2) is 18.2 Å². The van der Waals surface area contributed by atoms with Crippen LogP contribution in [0, 0.1) is 36.0 Å². The Morgan fingerprint density at radius 2 is 2.19 bits per heavy atom. The van der Waals surface area contributed by atoms with Crippen LogP contribution in [-0.2, 0) is 0 Å². The van der Waals surface area contributed by atoms with Gasteiger partial charge in [-0.3, -0.25) is 4.79 Å². The zero-order valence-electron chi connectivity index (χ0n) is 12.7. The van der Waals surface area contributed by atoms with E-state index in [1.54, 1.807) is 24.0 Å². The number of amides is 1. The van der Waals surface area contributed by atoms with Gasteiger partial charge in [-0.05, 0) is 38.5 Å². The van der Waals surface area contributed by atoms with Gasteiger partial charge in [-0.15, -0.1) is 0 Å². The van der Waals surface area contributed by atoms with Crippen LogP contribution in [0.5, 0.6) is 0 Å². The fourth-order valence-electron chi connectivity index (χ4n) is 1.93. The second-order valence-electron chi connectivity index (χ2n) is 4.86. The first kappa shape index (κ1) is 16.8. The van der Waals surface area contributed by atoms with Gasteiger partial charge in [0.05, 0.1) is 12.0 Å². The fraction of sp³-hybridized carbons (Fsp3) is 0.412. The lowest BCUT2D eigenvalue weighted by atomic mass is 10.0. The largest absolute Gasteiger partial charge is 0.384 e. The predicted molar refractivity (Wildman–Crippen MR) is 81.5 cm³/mol. The Kier molecular flexibility index (Phi) is 6.46. The standard InChI is InChI=1S/C17H20N2O2/c1-4-19(12-13(2)11-18)17(21)16-8-7-14(3)15(10-16)6-5-9-20/h7-8,10,13,20H,4,9,12H2,1-3H3. The fourth-order valence-corrected chi connectivity index (χ4v) is 1.93. The van der Waals surface area contributed by atoms with Crippen LogP contribution in [0.4, 0.5) is 0 Å². The maximum absolute atomic E-state index is 12.5. The Labute approximate surface area is 126 Å². The number of hydrogen-bond donors (Lipinski definition) is 1. The Morgan fingerprint density at radius 3 is 2.76 bits per heavy atom. The molecule has 110 valence electrons. The minimum atomic E-state index is -0.210. The average molecular weight is 284 g/mol.